The van der Waals surface area contributed by atoms with Crippen LogP contribution in [0.15, 0.2) is 30.6 Å². The van der Waals surface area contributed by atoms with Gasteiger partial charge in [0.2, 0.25) is 0 Å². The maximum atomic E-state index is 11.9. The topological polar surface area (TPSA) is 55.3 Å². The van der Waals surface area contributed by atoms with Crippen LogP contribution in [-0.4, -0.2) is 35.1 Å². The van der Waals surface area contributed by atoms with Gasteiger partial charge in [0, 0.05) is 19.4 Å². The monoisotopic (exact) mass is 217 g/mol. The number of para-hydroxylation sites is 1. The van der Waals surface area contributed by atoms with E-state index in [1.165, 1.54) is 7.11 Å². The van der Waals surface area contributed by atoms with Crippen LogP contribution in [-0.2, 0) is 4.84 Å². The summed E-state index contributed by atoms with van der Waals surface area (Å²) in [6.45, 7) is 0. The summed E-state index contributed by atoms with van der Waals surface area (Å²) < 4.78 is 0. The van der Waals surface area contributed by atoms with E-state index in [0.717, 1.165) is 5.06 Å². The smallest absolute Gasteiger partial charge is 0.274 e. The summed E-state index contributed by atoms with van der Waals surface area (Å²) >= 11 is 0. The molecule has 0 spiro atoms. The molecule has 0 bridgehead atoms. The molecule has 2 rings (SSSR count). The fourth-order valence-corrected chi connectivity index (χ4v) is 1.42. The van der Waals surface area contributed by atoms with E-state index in [1.807, 2.05) is 6.07 Å². The first-order valence-corrected chi connectivity index (χ1v) is 4.76. The van der Waals surface area contributed by atoms with Crippen LogP contribution in [0.3, 0.4) is 0 Å². The molecular weight excluding hydrogens is 206 g/mol. The number of carbonyl (C=O) groups is 1. The van der Waals surface area contributed by atoms with Gasteiger partial charge >= 0.3 is 0 Å². The second kappa shape index (κ2) is 4.24. The Morgan fingerprint density at radius 3 is 2.81 bits per heavy atom. The molecule has 0 radical (unpaired) electrons. The standard InChI is InChI=1S/C11H11N3O2/c1-14(16-2)11(15)8-4-3-5-9-10(8)13-7-6-12-9/h3-7H,1-2H3. The minimum atomic E-state index is -0.242. The maximum absolute atomic E-state index is 11.9. The van der Waals surface area contributed by atoms with E-state index >= 15 is 0 Å². The van der Waals surface area contributed by atoms with Crippen LogP contribution in [0.25, 0.3) is 11.0 Å². The van der Waals surface area contributed by atoms with E-state index < -0.39 is 0 Å². The number of rotatable bonds is 2. The molecule has 0 N–H and O–H groups in total. The third-order valence-corrected chi connectivity index (χ3v) is 2.29. The van der Waals surface area contributed by atoms with Crippen LogP contribution in [0.2, 0.25) is 0 Å². The molecule has 1 aromatic heterocycles. The molecule has 1 heterocycles. The Kier molecular flexibility index (Phi) is 2.78. The van der Waals surface area contributed by atoms with Gasteiger partial charge in [0.05, 0.1) is 18.2 Å². The number of fused-ring (bicyclic) bond motifs is 1. The Balaban J connectivity index is 2.56. The minimum absolute atomic E-state index is 0.242. The van der Waals surface area contributed by atoms with Crippen LogP contribution in [0, 0.1) is 0 Å². The molecule has 0 aliphatic rings. The number of aromatic nitrogens is 2. The van der Waals surface area contributed by atoms with Gasteiger partial charge < -0.3 is 0 Å². The molecule has 0 aliphatic heterocycles. The van der Waals surface area contributed by atoms with Crippen molar-refractivity contribution in [3.05, 3.63) is 36.2 Å². The lowest BCUT2D eigenvalue weighted by atomic mass is 10.1. The van der Waals surface area contributed by atoms with E-state index in [-0.39, 0.29) is 5.91 Å². The molecule has 1 amide bonds. The quantitative estimate of drug-likeness (QED) is 0.711. The van der Waals surface area contributed by atoms with Gasteiger partial charge in [0.25, 0.3) is 5.91 Å². The Morgan fingerprint density at radius 2 is 2.06 bits per heavy atom. The van der Waals surface area contributed by atoms with Crippen molar-refractivity contribution in [2.75, 3.05) is 14.2 Å². The van der Waals surface area contributed by atoms with Crippen molar-refractivity contribution in [3.8, 4) is 0 Å². The Morgan fingerprint density at radius 1 is 1.31 bits per heavy atom. The third kappa shape index (κ3) is 1.72. The summed E-state index contributed by atoms with van der Waals surface area (Å²) in [5, 5.41) is 1.16. The summed E-state index contributed by atoms with van der Waals surface area (Å²) in [5.74, 6) is -0.242. The molecule has 1 aromatic carbocycles. The Bertz CT molecular complexity index is 522. The average molecular weight is 217 g/mol. The van der Waals surface area contributed by atoms with E-state index in [9.17, 15) is 4.79 Å². The van der Waals surface area contributed by atoms with Crippen molar-refractivity contribution in [1.29, 1.82) is 0 Å². The number of nitrogens with zero attached hydrogens (tertiary/aromatic N) is 3. The van der Waals surface area contributed by atoms with Gasteiger partial charge in [0.15, 0.2) is 0 Å². The number of benzene rings is 1. The van der Waals surface area contributed by atoms with Crippen LogP contribution in [0.4, 0.5) is 0 Å². The number of hydrogen-bond donors (Lipinski definition) is 0. The van der Waals surface area contributed by atoms with Gasteiger partial charge in [-0.1, -0.05) is 6.07 Å². The van der Waals surface area contributed by atoms with Gasteiger partial charge in [-0.25, -0.2) is 5.06 Å². The zero-order valence-corrected chi connectivity index (χ0v) is 9.04. The Hall–Kier alpha value is -2.01. The van der Waals surface area contributed by atoms with E-state index in [1.54, 1.807) is 31.6 Å². The zero-order valence-electron chi connectivity index (χ0n) is 9.04. The maximum Gasteiger partial charge on any atom is 0.279 e. The molecule has 5 heteroatoms. The van der Waals surface area contributed by atoms with Gasteiger partial charge in [-0.3, -0.25) is 19.6 Å². The molecule has 0 fully saturated rings. The minimum Gasteiger partial charge on any atom is -0.274 e. The molecule has 0 saturated heterocycles. The average Bonchev–Trinajstić information content (AvgIpc) is 2.36. The molecule has 16 heavy (non-hydrogen) atoms. The number of hydrogen-bond acceptors (Lipinski definition) is 4. The highest BCUT2D eigenvalue weighted by Gasteiger charge is 2.15. The molecule has 0 saturated carbocycles. The first kappa shape index (κ1) is 10.5. The zero-order chi connectivity index (χ0) is 11.5. The predicted molar refractivity (Wildman–Crippen MR) is 58.6 cm³/mol. The summed E-state index contributed by atoms with van der Waals surface area (Å²) in [4.78, 5) is 25.1. The molecule has 0 unspecified atom stereocenters. The van der Waals surface area contributed by atoms with Crippen molar-refractivity contribution in [2.45, 2.75) is 0 Å². The molecule has 5 nitrogen and oxygen atoms in total. The van der Waals surface area contributed by atoms with Crippen LogP contribution in [0.1, 0.15) is 10.4 Å². The predicted octanol–water partition coefficient (Wildman–Crippen LogP) is 1.26. The highest BCUT2D eigenvalue weighted by Crippen LogP contribution is 2.15. The second-order valence-electron chi connectivity index (χ2n) is 3.21. The largest absolute Gasteiger partial charge is 0.279 e. The fraction of sp³-hybridized carbons (Fsp3) is 0.182. The van der Waals surface area contributed by atoms with Crippen molar-refractivity contribution in [1.82, 2.24) is 15.0 Å². The SMILES string of the molecule is CON(C)C(=O)c1cccc2nccnc12. The van der Waals surface area contributed by atoms with E-state index in [2.05, 4.69) is 9.97 Å². The lowest BCUT2D eigenvalue weighted by Gasteiger charge is -2.14. The van der Waals surface area contributed by atoms with Crippen molar-refractivity contribution < 1.29 is 9.63 Å². The molecule has 0 aliphatic carbocycles. The third-order valence-electron chi connectivity index (χ3n) is 2.29. The van der Waals surface area contributed by atoms with Crippen molar-refractivity contribution in [3.63, 3.8) is 0 Å². The van der Waals surface area contributed by atoms with Crippen LogP contribution in [0.5, 0.6) is 0 Å². The van der Waals surface area contributed by atoms with Crippen molar-refractivity contribution in [2.24, 2.45) is 0 Å². The fourth-order valence-electron chi connectivity index (χ4n) is 1.42. The number of hydroxylamine groups is 2. The summed E-state index contributed by atoms with van der Waals surface area (Å²) in [6, 6.07) is 5.29. The van der Waals surface area contributed by atoms with Crippen LogP contribution >= 0.6 is 0 Å². The van der Waals surface area contributed by atoms with Gasteiger partial charge in [-0.05, 0) is 12.1 Å². The normalized spacial score (nSPS) is 10.4. The van der Waals surface area contributed by atoms with Crippen molar-refractivity contribution >= 4 is 16.9 Å². The van der Waals surface area contributed by atoms with Crippen LogP contribution < -0.4 is 0 Å². The lowest BCUT2D eigenvalue weighted by molar-refractivity contribution is -0.0755. The second-order valence-corrected chi connectivity index (χ2v) is 3.21. The van der Waals surface area contributed by atoms with E-state index in [4.69, 9.17) is 4.84 Å². The summed E-state index contributed by atoms with van der Waals surface area (Å²) in [7, 11) is 2.99. The van der Waals surface area contributed by atoms with Gasteiger partial charge in [0.1, 0.15) is 5.52 Å². The first-order valence-electron chi connectivity index (χ1n) is 4.76. The Labute approximate surface area is 92.6 Å². The lowest BCUT2D eigenvalue weighted by Crippen LogP contribution is -2.25. The van der Waals surface area contributed by atoms with Gasteiger partial charge in [-0.2, -0.15) is 0 Å². The highest BCUT2D eigenvalue weighted by molar-refractivity contribution is 6.04. The molecule has 82 valence electrons. The molecular formula is C11H11N3O2. The molecule has 0 atom stereocenters. The van der Waals surface area contributed by atoms with Gasteiger partial charge in [-0.15, -0.1) is 0 Å². The molecule has 2 aromatic rings. The summed E-state index contributed by atoms with van der Waals surface area (Å²) in [6.07, 6.45) is 3.16. The summed E-state index contributed by atoms with van der Waals surface area (Å²) in [5.41, 5.74) is 1.76. The first-order chi connectivity index (χ1) is 7.74. The number of amides is 1. The number of carbonyl (C=O) groups excluding carboxylic acids is 1. The van der Waals surface area contributed by atoms with E-state index in [0.29, 0.717) is 16.6 Å². The highest BCUT2D eigenvalue weighted by atomic mass is 16.7.